The van der Waals surface area contributed by atoms with Crippen molar-refractivity contribution in [3.05, 3.63) is 28.0 Å². The fourth-order valence-corrected chi connectivity index (χ4v) is 1.78. The Morgan fingerprint density at radius 2 is 2.22 bits per heavy atom. The standard InChI is InChI=1S/C11H13ClF2N2O2/c1-2-18-9(17)3-6-7(4-15)8(12)5-16-10(6)11(13)14/h5,11H,2-4,15H2,1H3. The minimum atomic E-state index is -2.79. The topological polar surface area (TPSA) is 65.2 Å². The summed E-state index contributed by atoms with van der Waals surface area (Å²) in [4.78, 5) is 14.9. The highest BCUT2D eigenvalue weighted by atomic mass is 35.5. The van der Waals surface area contributed by atoms with Gasteiger partial charge < -0.3 is 10.5 Å². The molecule has 0 atom stereocenters. The summed E-state index contributed by atoms with van der Waals surface area (Å²) in [6.45, 7) is 1.76. The fraction of sp³-hybridized carbons (Fsp3) is 0.455. The van der Waals surface area contributed by atoms with Gasteiger partial charge in [0.25, 0.3) is 6.43 Å². The molecule has 1 aromatic heterocycles. The van der Waals surface area contributed by atoms with Crippen LogP contribution in [0.2, 0.25) is 5.02 Å². The maximum atomic E-state index is 12.8. The van der Waals surface area contributed by atoms with Gasteiger partial charge in [-0.05, 0) is 18.1 Å². The predicted octanol–water partition coefficient (Wildman–Crippen LogP) is 2.24. The molecule has 0 aromatic carbocycles. The average molecular weight is 279 g/mol. The number of halogens is 3. The zero-order valence-corrected chi connectivity index (χ0v) is 10.5. The van der Waals surface area contributed by atoms with Crippen molar-refractivity contribution in [2.75, 3.05) is 6.61 Å². The highest BCUT2D eigenvalue weighted by Crippen LogP contribution is 2.28. The third kappa shape index (κ3) is 3.36. The molecular weight excluding hydrogens is 266 g/mol. The van der Waals surface area contributed by atoms with Crippen molar-refractivity contribution in [3.63, 3.8) is 0 Å². The fourth-order valence-electron chi connectivity index (χ4n) is 1.54. The van der Waals surface area contributed by atoms with Crippen molar-refractivity contribution in [2.24, 2.45) is 5.73 Å². The summed E-state index contributed by atoms with van der Waals surface area (Å²) in [6, 6.07) is 0. The number of aromatic nitrogens is 1. The first kappa shape index (κ1) is 14.8. The molecule has 7 heteroatoms. The van der Waals surface area contributed by atoms with Crippen LogP contribution < -0.4 is 5.73 Å². The first-order chi connectivity index (χ1) is 8.51. The van der Waals surface area contributed by atoms with Gasteiger partial charge in [0.15, 0.2) is 0 Å². The van der Waals surface area contributed by atoms with Crippen molar-refractivity contribution < 1.29 is 18.3 Å². The van der Waals surface area contributed by atoms with Gasteiger partial charge in [0.05, 0.1) is 18.1 Å². The number of hydrogen-bond acceptors (Lipinski definition) is 4. The minimum Gasteiger partial charge on any atom is -0.466 e. The molecule has 0 aliphatic carbocycles. The Bertz CT molecular complexity index is 441. The van der Waals surface area contributed by atoms with Crippen molar-refractivity contribution in [1.29, 1.82) is 0 Å². The van der Waals surface area contributed by atoms with E-state index in [1.54, 1.807) is 6.92 Å². The Balaban J connectivity index is 3.19. The molecule has 1 heterocycles. The number of pyridine rings is 1. The summed E-state index contributed by atoms with van der Waals surface area (Å²) in [5, 5.41) is 0.168. The second-order valence-electron chi connectivity index (χ2n) is 3.44. The second kappa shape index (κ2) is 6.61. The van der Waals surface area contributed by atoms with E-state index in [0.29, 0.717) is 5.56 Å². The van der Waals surface area contributed by atoms with Crippen molar-refractivity contribution in [1.82, 2.24) is 4.98 Å². The van der Waals surface area contributed by atoms with Gasteiger partial charge in [-0.25, -0.2) is 8.78 Å². The number of ether oxygens (including phenoxy) is 1. The lowest BCUT2D eigenvalue weighted by atomic mass is 10.0. The molecule has 0 unspecified atom stereocenters. The number of nitrogens with zero attached hydrogens (tertiary/aromatic N) is 1. The number of alkyl halides is 2. The van der Waals surface area contributed by atoms with Crippen LogP contribution in [0.5, 0.6) is 0 Å². The molecule has 4 nitrogen and oxygen atoms in total. The number of carbonyl (C=O) groups excluding carboxylic acids is 1. The summed E-state index contributed by atoms with van der Waals surface area (Å²) < 4.78 is 30.4. The monoisotopic (exact) mass is 278 g/mol. The smallest absolute Gasteiger partial charge is 0.310 e. The van der Waals surface area contributed by atoms with Crippen LogP contribution in [0.3, 0.4) is 0 Å². The molecule has 0 radical (unpaired) electrons. The Kier molecular flexibility index (Phi) is 5.43. The van der Waals surface area contributed by atoms with Crippen molar-refractivity contribution in [2.45, 2.75) is 26.3 Å². The molecule has 0 aliphatic heterocycles. The summed E-state index contributed by atoms with van der Waals surface area (Å²) >= 11 is 5.83. The van der Waals surface area contributed by atoms with E-state index in [2.05, 4.69) is 4.98 Å². The van der Waals surface area contributed by atoms with E-state index < -0.39 is 18.1 Å². The predicted molar refractivity (Wildman–Crippen MR) is 62.4 cm³/mol. The summed E-state index contributed by atoms with van der Waals surface area (Å²) in [5.74, 6) is -0.613. The molecule has 0 amide bonds. The molecule has 1 rings (SSSR count). The molecule has 18 heavy (non-hydrogen) atoms. The van der Waals surface area contributed by atoms with Crippen LogP contribution in [0.4, 0.5) is 8.78 Å². The van der Waals surface area contributed by atoms with Gasteiger partial charge in [-0.15, -0.1) is 0 Å². The minimum absolute atomic E-state index is 0.0458. The van der Waals surface area contributed by atoms with Crippen LogP contribution in [0.25, 0.3) is 0 Å². The van der Waals surface area contributed by atoms with Crippen molar-refractivity contribution >= 4 is 17.6 Å². The van der Waals surface area contributed by atoms with Crippen LogP contribution in [-0.2, 0) is 22.5 Å². The van der Waals surface area contributed by atoms with Gasteiger partial charge in [0, 0.05) is 12.7 Å². The molecule has 0 saturated carbocycles. The molecule has 0 fully saturated rings. The lowest BCUT2D eigenvalue weighted by Crippen LogP contribution is -2.15. The molecule has 1 aromatic rings. The Hall–Kier alpha value is -1.27. The van der Waals surface area contributed by atoms with E-state index in [1.165, 1.54) is 0 Å². The van der Waals surface area contributed by atoms with E-state index in [1.807, 2.05) is 0 Å². The average Bonchev–Trinajstić information content (AvgIpc) is 2.29. The zero-order valence-electron chi connectivity index (χ0n) is 9.75. The van der Waals surface area contributed by atoms with Gasteiger partial charge in [-0.1, -0.05) is 11.6 Å². The first-order valence-corrected chi connectivity index (χ1v) is 5.69. The van der Waals surface area contributed by atoms with E-state index in [9.17, 15) is 13.6 Å². The summed E-state index contributed by atoms with van der Waals surface area (Å²) in [6.07, 6.45) is -2.00. The third-order valence-corrected chi connectivity index (χ3v) is 2.64. The van der Waals surface area contributed by atoms with Gasteiger partial charge in [-0.3, -0.25) is 9.78 Å². The number of nitrogens with two attached hydrogens (primary N) is 1. The lowest BCUT2D eigenvalue weighted by molar-refractivity contribution is -0.142. The van der Waals surface area contributed by atoms with E-state index >= 15 is 0 Å². The van der Waals surface area contributed by atoms with Crippen molar-refractivity contribution in [3.8, 4) is 0 Å². The van der Waals surface area contributed by atoms with Gasteiger partial charge in [0.2, 0.25) is 0 Å². The van der Waals surface area contributed by atoms with Crippen LogP contribution in [0, 0.1) is 0 Å². The molecule has 100 valence electrons. The normalized spacial score (nSPS) is 10.8. The number of esters is 1. The van der Waals surface area contributed by atoms with Crippen LogP contribution in [0.1, 0.15) is 30.2 Å². The van der Waals surface area contributed by atoms with Crippen LogP contribution in [0.15, 0.2) is 6.20 Å². The molecule has 0 bridgehead atoms. The maximum absolute atomic E-state index is 12.8. The molecule has 0 spiro atoms. The number of hydrogen-bond donors (Lipinski definition) is 1. The summed E-state index contributed by atoms with van der Waals surface area (Å²) in [5.41, 5.74) is 5.34. The lowest BCUT2D eigenvalue weighted by Gasteiger charge is -2.13. The van der Waals surface area contributed by atoms with Gasteiger partial charge in [0.1, 0.15) is 5.69 Å². The highest BCUT2D eigenvalue weighted by molar-refractivity contribution is 6.31. The maximum Gasteiger partial charge on any atom is 0.310 e. The largest absolute Gasteiger partial charge is 0.466 e. The van der Waals surface area contributed by atoms with E-state index in [-0.39, 0.29) is 30.2 Å². The van der Waals surface area contributed by atoms with Crippen LogP contribution in [-0.4, -0.2) is 17.6 Å². The Labute approximate surface area is 108 Å². The Morgan fingerprint density at radius 1 is 1.56 bits per heavy atom. The number of rotatable bonds is 5. The van der Waals surface area contributed by atoms with Gasteiger partial charge in [-0.2, -0.15) is 0 Å². The molecule has 0 aliphatic rings. The summed E-state index contributed by atoms with van der Waals surface area (Å²) in [7, 11) is 0. The first-order valence-electron chi connectivity index (χ1n) is 5.31. The number of carbonyl (C=O) groups is 1. The molecular formula is C11H13ClF2N2O2. The quantitative estimate of drug-likeness (QED) is 0.839. The molecule has 2 N–H and O–H groups in total. The van der Waals surface area contributed by atoms with Gasteiger partial charge >= 0.3 is 5.97 Å². The second-order valence-corrected chi connectivity index (χ2v) is 3.84. The third-order valence-electron chi connectivity index (χ3n) is 2.32. The zero-order chi connectivity index (χ0) is 13.7. The van der Waals surface area contributed by atoms with E-state index in [0.717, 1.165) is 6.20 Å². The SMILES string of the molecule is CCOC(=O)Cc1c(C(F)F)ncc(Cl)c1CN. The van der Waals surface area contributed by atoms with Crippen LogP contribution >= 0.6 is 11.6 Å². The van der Waals surface area contributed by atoms with E-state index in [4.69, 9.17) is 22.1 Å². The molecule has 0 saturated heterocycles. The Morgan fingerprint density at radius 3 is 2.72 bits per heavy atom. The highest BCUT2D eigenvalue weighted by Gasteiger charge is 2.22.